The molecule has 0 spiro atoms. The normalized spacial score (nSPS) is 16.7. The molecule has 1 aromatic carbocycles. The highest BCUT2D eigenvalue weighted by Crippen LogP contribution is 2.31. The summed E-state index contributed by atoms with van der Waals surface area (Å²) in [7, 11) is 1.90. The van der Waals surface area contributed by atoms with Gasteiger partial charge in [0.2, 0.25) is 0 Å². The van der Waals surface area contributed by atoms with Crippen molar-refractivity contribution in [1.29, 1.82) is 0 Å². The van der Waals surface area contributed by atoms with Crippen LogP contribution in [-0.4, -0.2) is 36.8 Å². The van der Waals surface area contributed by atoms with Gasteiger partial charge in [-0.2, -0.15) is 0 Å². The summed E-state index contributed by atoms with van der Waals surface area (Å²) in [5.74, 6) is -0.0690. The number of hydrogen-bond acceptors (Lipinski definition) is 3. The van der Waals surface area contributed by atoms with Crippen LogP contribution in [0.2, 0.25) is 0 Å². The molecule has 0 bridgehead atoms. The quantitative estimate of drug-likeness (QED) is 0.719. The number of carbonyl (C=O) groups excluding carboxylic acids is 1. The molecule has 1 aromatic rings. The summed E-state index contributed by atoms with van der Waals surface area (Å²) >= 11 is 0. The molecular weight excluding hydrogens is 240 g/mol. The highest BCUT2D eigenvalue weighted by atomic mass is 16.3. The first-order chi connectivity index (χ1) is 9.21. The minimum absolute atomic E-state index is 0.0252. The van der Waals surface area contributed by atoms with Gasteiger partial charge in [-0.15, -0.1) is 0 Å². The molecule has 1 saturated carbocycles. The predicted octanol–water partition coefficient (Wildman–Crippen LogP) is 1.09. The van der Waals surface area contributed by atoms with Crippen molar-refractivity contribution in [3.63, 3.8) is 0 Å². The molecule has 0 saturated heterocycles. The highest BCUT2D eigenvalue weighted by molar-refractivity contribution is 5.96. The number of aliphatic hydroxyl groups is 1. The molecule has 1 aliphatic carbocycles. The van der Waals surface area contributed by atoms with Gasteiger partial charge in [-0.05, 0) is 50.9 Å². The Hall–Kier alpha value is -1.39. The van der Waals surface area contributed by atoms with Crippen LogP contribution in [0.5, 0.6) is 0 Å². The Kier molecular flexibility index (Phi) is 4.56. The first-order valence-corrected chi connectivity index (χ1v) is 6.87. The molecule has 19 heavy (non-hydrogen) atoms. The van der Waals surface area contributed by atoms with Crippen molar-refractivity contribution < 1.29 is 9.90 Å². The van der Waals surface area contributed by atoms with Crippen molar-refractivity contribution in [1.82, 2.24) is 10.6 Å². The van der Waals surface area contributed by atoms with E-state index in [9.17, 15) is 9.90 Å². The molecular formula is C15H22N2O2. The smallest absolute Gasteiger partial charge is 0.252 e. The summed E-state index contributed by atoms with van der Waals surface area (Å²) in [5.41, 5.74) is 1.38. The van der Waals surface area contributed by atoms with Crippen LogP contribution in [0.3, 0.4) is 0 Å². The Labute approximate surface area is 114 Å². The Balaban J connectivity index is 2.10. The molecule has 0 aliphatic heterocycles. The Morgan fingerprint density at radius 3 is 2.68 bits per heavy atom. The van der Waals surface area contributed by atoms with E-state index in [-0.39, 0.29) is 18.1 Å². The molecule has 1 aliphatic rings. The van der Waals surface area contributed by atoms with Crippen LogP contribution < -0.4 is 10.6 Å². The summed E-state index contributed by atoms with van der Waals surface area (Å²) < 4.78 is 0. The van der Waals surface area contributed by atoms with E-state index in [1.807, 2.05) is 31.3 Å². The maximum Gasteiger partial charge on any atom is 0.252 e. The number of aliphatic hydroxyl groups excluding tert-OH is 1. The van der Waals surface area contributed by atoms with Gasteiger partial charge < -0.3 is 15.7 Å². The van der Waals surface area contributed by atoms with E-state index in [2.05, 4.69) is 10.6 Å². The maximum atomic E-state index is 12.4. The van der Waals surface area contributed by atoms with Gasteiger partial charge in [-0.25, -0.2) is 0 Å². The van der Waals surface area contributed by atoms with Crippen LogP contribution in [0.1, 0.15) is 35.2 Å². The number of hydrogen-bond donors (Lipinski definition) is 3. The minimum Gasteiger partial charge on any atom is -0.394 e. The molecule has 4 heteroatoms. The molecule has 0 aromatic heterocycles. The third-order valence-electron chi connectivity index (χ3n) is 3.90. The van der Waals surface area contributed by atoms with Gasteiger partial charge in [0.1, 0.15) is 0 Å². The zero-order valence-corrected chi connectivity index (χ0v) is 11.4. The second-order valence-electron chi connectivity index (χ2n) is 5.26. The van der Waals surface area contributed by atoms with Crippen LogP contribution in [0, 0.1) is 0 Å². The van der Waals surface area contributed by atoms with Crippen LogP contribution in [-0.2, 0) is 6.42 Å². The van der Waals surface area contributed by atoms with Gasteiger partial charge in [-0.3, -0.25) is 4.79 Å². The van der Waals surface area contributed by atoms with Crippen LogP contribution in [0.4, 0.5) is 0 Å². The van der Waals surface area contributed by atoms with Crippen LogP contribution in [0.25, 0.3) is 0 Å². The standard InChI is InChI=1S/C15H22N2O2/c1-16-10-7-12-5-2-3-6-13(12)14(19)17-15(11-18)8-4-9-15/h2-3,5-6,16,18H,4,7-11H2,1H3,(H,17,19). The fourth-order valence-corrected chi connectivity index (χ4v) is 2.45. The molecule has 3 N–H and O–H groups in total. The van der Waals surface area contributed by atoms with E-state index in [1.54, 1.807) is 0 Å². The molecule has 1 amide bonds. The van der Waals surface area contributed by atoms with Crippen molar-refractivity contribution in [2.45, 2.75) is 31.2 Å². The topological polar surface area (TPSA) is 61.4 Å². The van der Waals surface area contributed by atoms with Gasteiger partial charge in [0.05, 0.1) is 12.1 Å². The van der Waals surface area contributed by atoms with Gasteiger partial charge >= 0.3 is 0 Å². The number of benzene rings is 1. The van der Waals surface area contributed by atoms with E-state index in [0.29, 0.717) is 0 Å². The zero-order chi connectivity index (χ0) is 13.7. The third kappa shape index (κ3) is 3.14. The van der Waals surface area contributed by atoms with Gasteiger partial charge in [-0.1, -0.05) is 18.2 Å². The average Bonchev–Trinajstić information content (AvgIpc) is 2.40. The van der Waals surface area contributed by atoms with Crippen molar-refractivity contribution in [2.24, 2.45) is 0 Å². The van der Waals surface area contributed by atoms with E-state index >= 15 is 0 Å². The van der Waals surface area contributed by atoms with E-state index in [4.69, 9.17) is 0 Å². The van der Waals surface area contributed by atoms with E-state index < -0.39 is 0 Å². The summed E-state index contributed by atoms with van der Waals surface area (Å²) in [4.78, 5) is 12.4. The van der Waals surface area contributed by atoms with Gasteiger partial charge in [0.25, 0.3) is 5.91 Å². The monoisotopic (exact) mass is 262 g/mol. The molecule has 104 valence electrons. The van der Waals surface area contributed by atoms with E-state index in [0.717, 1.165) is 43.4 Å². The second-order valence-corrected chi connectivity index (χ2v) is 5.26. The largest absolute Gasteiger partial charge is 0.394 e. The lowest BCUT2D eigenvalue weighted by atomic mass is 9.77. The lowest BCUT2D eigenvalue weighted by Gasteiger charge is -2.41. The molecule has 0 heterocycles. The minimum atomic E-state index is -0.382. The molecule has 0 unspecified atom stereocenters. The van der Waals surface area contributed by atoms with Gasteiger partial charge in [0, 0.05) is 5.56 Å². The van der Waals surface area contributed by atoms with E-state index in [1.165, 1.54) is 0 Å². The molecule has 1 fully saturated rings. The highest BCUT2D eigenvalue weighted by Gasteiger charge is 2.38. The molecule has 4 nitrogen and oxygen atoms in total. The van der Waals surface area contributed by atoms with Crippen LogP contribution >= 0.6 is 0 Å². The van der Waals surface area contributed by atoms with Crippen molar-refractivity contribution in [3.8, 4) is 0 Å². The SMILES string of the molecule is CNCCc1ccccc1C(=O)NC1(CO)CCC1. The third-order valence-corrected chi connectivity index (χ3v) is 3.90. The summed E-state index contributed by atoms with van der Waals surface area (Å²) in [6, 6.07) is 7.67. The maximum absolute atomic E-state index is 12.4. The fraction of sp³-hybridized carbons (Fsp3) is 0.533. The van der Waals surface area contributed by atoms with Crippen molar-refractivity contribution in [2.75, 3.05) is 20.2 Å². The number of carbonyl (C=O) groups is 1. The number of rotatable bonds is 6. The van der Waals surface area contributed by atoms with Crippen LogP contribution in [0.15, 0.2) is 24.3 Å². The Bertz CT molecular complexity index is 436. The number of likely N-dealkylation sites (N-methyl/N-ethyl adjacent to an activating group) is 1. The summed E-state index contributed by atoms with van der Waals surface area (Å²) in [6.45, 7) is 0.868. The number of amides is 1. The first-order valence-electron chi connectivity index (χ1n) is 6.87. The predicted molar refractivity (Wildman–Crippen MR) is 75.2 cm³/mol. The summed E-state index contributed by atoms with van der Waals surface area (Å²) in [5, 5.41) is 15.5. The molecule has 0 radical (unpaired) electrons. The molecule has 0 atom stereocenters. The van der Waals surface area contributed by atoms with Crippen molar-refractivity contribution >= 4 is 5.91 Å². The Morgan fingerprint density at radius 1 is 1.37 bits per heavy atom. The fourth-order valence-electron chi connectivity index (χ4n) is 2.45. The lowest BCUT2D eigenvalue weighted by Crippen LogP contribution is -2.56. The first kappa shape index (κ1) is 14.0. The average molecular weight is 262 g/mol. The zero-order valence-electron chi connectivity index (χ0n) is 11.4. The summed E-state index contributed by atoms with van der Waals surface area (Å²) in [6.07, 6.45) is 3.64. The lowest BCUT2D eigenvalue weighted by molar-refractivity contribution is 0.0641. The Morgan fingerprint density at radius 2 is 2.11 bits per heavy atom. The molecule has 2 rings (SSSR count). The van der Waals surface area contributed by atoms with Gasteiger partial charge in [0.15, 0.2) is 0 Å². The second kappa shape index (κ2) is 6.17. The van der Waals surface area contributed by atoms with Crippen molar-refractivity contribution in [3.05, 3.63) is 35.4 Å². The number of nitrogens with one attached hydrogen (secondary N) is 2.